The number of aryl methyl sites for hydroxylation is 3. The molecule has 0 aromatic heterocycles. The van der Waals surface area contributed by atoms with Crippen molar-refractivity contribution in [3.05, 3.63) is 58.7 Å². The fourth-order valence-electron chi connectivity index (χ4n) is 2.84. The second kappa shape index (κ2) is 8.67. The van der Waals surface area contributed by atoms with E-state index in [0.29, 0.717) is 6.54 Å². The van der Waals surface area contributed by atoms with E-state index in [2.05, 4.69) is 29.7 Å². The molecule has 0 saturated heterocycles. The molecule has 0 saturated carbocycles. The third kappa shape index (κ3) is 5.91. The number of carbonyl (C=O) groups is 1. The molecule has 0 aliphatic heterocycles. The molecule has 4 nitrogen and oxygen atoms in total. The molecule has 1 amide bonds. The third-order valence-corrected chi connectivity index (χ3v) is 3.85. The van der Waals surface area contributed by atoms with Gasteiger partial charge in [0, 0.05) is 12.2 Å². The summed E-state index contributed by atoms with van der Waals surface area (Å²) in [6.07, 6.45) is 0.168. The number of benzene rings is 2. The summed E-state index contributed by atoms with van der Waals surface area (Å²) in [6.45, 7) is 11.0. The summed E-state index contributed by atoms with van der Waals surface area (Å²) >= 11 is 0. The molecule has 0 aliphatic rings. The number of anilines is 1. The van der Waals surface area contributed by atoms with Crippen LogP contribution in [0.2, 0.25) is 0 Å². The van der Waals surface area contributed by atoms with Crippen molar-refractivity contribution in [3.8, 4) is 5.75 Å². The van der Waals surface area contributed by atoms with E-state index >= 15 is 0 Å². The first-order valence-corrected chi connectivity index (χ1v) is 8.69. The maximum absolute atomic E-state index is 12.2. The van der Waals surface area contributed by atoms with Gasteiger partial charge in [-0.1, -0.05) is 29.8 Å². The zero-order valence-electron chi connectivity index (χ0n) is 15.8. The number of hydrogen-bond acceptors (Lipinski definition) is 3. The van der Waals surface area contributed by atoms with Crippen molar-refractivity contribution in [2.75, 3.05) is 11.9 Å². The van der Waals surface area contributed by atoms with E-state index in [9.17, 15) is 4.79 Å². The SMILES string of the molecule is Cc1cc(C)c(NC(=O)CNCc2ccc(OC(C)C)cc2)c(C)c1. The summed E-state index contributed by atoms with van der Waals surface area (Å²) in [5.74, 6) is 0.830. The van der Waals surface area contributed by atoms with Crippen LogP contribution in [0.5, 0.6) is 5.75 Å². The molecular weight excluding hydrogens is 312 g/mol. The molecule has 0 fully saturated rings. The second-order valence-corrected chi connectivity index (χ2v) is 6.74. The van der Waals surface area contributed by atoms with Crippen LogP contribution in [0.15, 0.2) is 36.4 Å². The van der Waals surface area contributed by atoms with Crippen LogP contribution in [-0.4, -0.2) is 18.6 Å². The molecule has 0 spiro atoms. The van der Waals surface area contributed by atoms with Crippen molar-refractivity contribution in [2.45, 2.75) is 47.3 Å². The number of nitrogens with one attached hydrogen (secondary N) is 2. The molecule has 0 aliphatic carbocycles. The van der Waals surface area contributed by atoms with E-state index in [1.165, 1.54) is 5.56 Å². The molecule has 0 heterocycles. The number of carbonyl (C=O) groups excluding carboxylic acids is 1. The van der Waals surface area contributed by atoms with Crippen LogP contribution in [0.25, 0.3) is 0 Å². The Bertz CT molecular complexity index is 698. The average Bonchev–Trinajstić information content (AvgIpc) is 2.52. The maximum atomic E-state index is 12.2. The normalized spacial score (nSPS) is 10.8. The molecule has 0 unspecified atom stereocenters. The first-order valence-electron chi connectivity index (χ1n) is 8.69. The zero-order valence-corrected chi connectivity index (χ0v) is 15.8. The molecule has 2 rings (SSSR count). The van der Waals surface area contributed by atoms with E-state index in [0.717, 1.165) is 28.1 Å². The van der Waals surface area contributed by atoms with Crippen molar-refractivity contribution in [1.29, 1.82) is 0 Å². The predicted molar refractivity (Wildman–Crippen MR) is 103 cm³/mol. The van der Waals surface area contributed by atoms with Crippen LogP contribution < -0.4 is 15.4 Å². The smallest absolute Gasteiger partial charge is 0.238 e. The summed E-state index contributed by atoms with van der Waals surface area (Å²) in [5, 5.41) is 6.18. The molecule has 0 radical (unpaired) electrons. The lowest BCUT2D eigenvalue weighted by molar-refractivity contribution is -0.115. The lowest BCUT2D eigenvalue weighted by Gasteiger charge is -2.13. The first kappa shape index (κ1) is 19.0. The maximum Gasteiger partial charge on any atom is 0.238 e. The summed E-state index contributed by atoms with van der Waals surface area (Å²) in [5.41, 5.74) is 5.41. The lowest BCUT2D eigenvalue weighted by atomic mass is 10.1. The van der Waals surface area contributed by atoms with Crippen LogP contribution in [-0.2, 0) is 11.3 Å². The van der Waals surface area contributed by atoms with Crippen LogP contribution in [0, 0.1) is 20.8 Å². The van der Waals surface area contributed by atoms with Crippen molar-refractivity contribution < 1.29 is 9.53 Å². The van der Waals surface area contributed by atoms with Crippen molar-refractivity contribution in [2.24, 2.45) is 0 Å². The summed E-state index contributed by atoms with van der Waals surface area (Å²) in [4.78, 5) is 12.2. The van der Waals surface area contributed by atoms with Gasteiger partial charge in [-0.15, -0.1) is 0 Å². The molecular formula is C21H28N2O2. The van der Waals surface area contributed by atoms with Crippen molar-refractivity contribution in [1.82, 2.24) is 5.32 Å². The van der Waals surface area contributed by atoms with Crippen LogP contribution in [0.3, 0.4) is 0 Å². The zero-order chi connectivity index (χ0) is 18.4. The molecule has 0 bridgehead atoms. The van der Waals surface area contributed by atoms with Gasteiger partial charge in [-0.25, -0.2) is 0 Å². The van der Waals surface area contributed by atoms with Gasteiger partial charge in [-0.3, -0.25) is 4.79 Å². The molecule has 2 aromatic carbocycles. The van der Waals surface area contributed by atoms with Gasteiger partial charge in [0.1, 0.15) is 5.75 Å². The highest BCUT2D eigenvalue weighted by molar-refractivity contribution is 5.93. The molecule has 2 N–H and O–H groups in total. The van der Waals surface area contributed by atoms with Crippen LogP contribution >= 0.6 is 0 Å². The van der Waals surface area contributed by atoms with Crippen LogP contribution in [0.4, 0.5) is 5.69 Å². The van der Waals surface area contributed by atoms with E-state index in [1.54, 1.807) is 0 Å². The molecule has 134 valence electrons. The van der Waals surface area contributed by atoms with Gasteiger partial charge in [0.2, 0.25) is 5.91 Å². The second-order valence-electron chi connectivity index (χ2n) is 6.74. The Morgan fingerprint density at radius 2 is 1.64 bits per heavy atom. The molecule has 25 heavy (non-hydrogen) atoms. The minimum Gasteiger partial charge on any atom is -0.491 e. The number of ether oxygens (including phenoxy) is 1. The Labute approximate surface area is 150 Å². The average molecular weight is 340 g/mol. The highest BCUT2D eigenvalue weighted by atomic mass is 16.5. The van der Waals surface area contributed by atoms with E-state index in [4.69, 9.17) is 4.74 Å². The fourth-order valence-corrected chi connectivity index (χ4v) is 2.84. The van der Waals surface area contributed by atoms with Gasteiger partial charge in [0.15, 0.2) is 0 Å². The summed E-state index contributed by atoms with van der Waals surface area (Å²) < 4.78 is 5.62. The first-order chi connectivity index (χ1) is 11.8. The third-order valence-electron chi connectivity index (χ3n) is 3.85. The fraction of sp³-hybridized carbons (Fsp3) is 0.381. The summed E-state index contributed by atoms with van der Waals surface area (Å²) in [7, 11) is 0. The Kier molecular flexibility index (Phi) is 6.59. The van der Waals surface area contributed by atoms with E-state index in [-0.39, 0.29) is 18.6 Å². The largest absolute Gasteiger partial charge is 0.491 e. The highest BCUT2D eigenvalue weighted by Gasteiger charge is 2.08. The lowest BCUT2D eigenvalue weighted by Crippen LogP contribution is -2.28. The van der Waals surface area contributed by atoms with Gasteiger partial charge in [-0.2, -0.15) is 0 Å². The summed E-state index contributed by atoms with van der Waals surface area (Å²) in [6, 6.07) is 12.1. The predicted octanol–water partition coefficient (Wildman–Crippen LogP) is 4.13. The topological polar surface area (TPSA) is 50.4 Å². The van der Waals surface area contributed by atoms with Gasteiger partial charge < -0.3 is 15.4 Å². The van der Waals surface area contributed by atoms with E-state index in [1.807, 2.05) is 52.0 Å². The van der Waals surface area contributed by atoms with Gasteiger partial charge in [0.05, 0.1) is 12.6 Å². The van der Waals surface area contributed by atoms with Crippen LogP contribution in [0.1, 0.15) is 36.1 Å². The highest BCUT2D eigenvalue weighted by Crippen LogP contribution is 2.21. The number of rotatable bonds is 7. The van der Waals surface area contributed by atoms with Gasteiger partial charge in [0.25, 0.3) is 0 Å². The van der Waals surface area contributed by atoms with Gasteiger partial charge in [-0.05, 0) is 63.4 Å². The standard InChI is InChI=1S/C21H28N2O2/c1-14(2)25-19-8-6-18(7-9-19)12-22-13-20(24)23-21-16(4)10-15(3)11-17(21)5/h6-11,14,22H,12-13H2,1-5H3,(H,23,24). The quantitative estimate of drug-likeness (QED) is 0.797. The molecule has 4 heteroatoms. The van der Waals surface area contributed by atoms with Gasteiger partial charge >= 0.3 is 0 Å². The molecule has 2 aromatic rings. The Morgan fingerprint density at radius 1 is 1.04 bits per heavy atom. The Hall–Kier alpha value is -2.33. The molecule has 0 atom stereocenters. The minimum absolute atomic E-state index is 0.0326. The number of hydrogen-bond donors (Lipinski definition) is 2. The van der Waals surface area contributed by atoms with Crippen molar-refractivity contribution in [3.63, 3.8) is 0 Å². The van der Waals surface area contributed by atoms with E-state index < -0.39 is 0 Å². The number of amides is 1. The minimum atomic E-state index is -0.0326. The monoisotopic (exact) mass is 340 g/mol. The Balaban J connectivity index is 1.83. The Morgan fingerprint density at radius 3 is 2.20 bits per heavy atom. The van der Waals surface area contributed by atoms with Crippen molar-refractivity contribution >= 4 is 11.6 Å².